The average molecular weight is 502 g/mol. The second-order valence-corrected chi connectivity index (χ2v) is 9.93. The lowest BCUT2D eigenvalue weighted by Gasteiger charge is -2.11. The standard InChI is InChI=1S/C29H27N9/c1-2-4-18(3-1)12-31-13-19-11-21(15-32-14-19)23-5-6-24-27(34-23)28(38-37-24)29-35-25-17-33-16-22(26(25)36-29)20-7-9-30-10-8-20/h5-11,14-18,31H,1-4,12-13H2,(H,35,36)(H,37,38). The monoisotopic (exact) mass is 501 g/mol. The molecule has 1 aliphatic rings. The van der Waals surface area contributed by atoms with Gasteiger partial charge in [0.15, 0.2) is 11.5 Å². The summed E-state index contributed by atoms with van der Waals surface area (Å²) in [5.74, 6) is 1.45. The van der Waals surface area contributed by atoms with Gasteiger partial charge in [-0.3, -0.25) is 20.1 Å². The second kappa shape index (κ2) is 9.75. The van der Waals surface area contributed by atoms with Gasteiger partial charge in [0, 0.05) is 48.7 Å². The zero-order valence-corrected chi connectivity index (χ0v) is 20.9. The molecule has 0 atom stereocenters. The first-order chi connectivity index (χ1) is 18.8. The molecule has 6 heterocycles. The van der Waals surface area contributed by atoms with Gasteiger partial charge in [-0.1, -0.05) is 12.8 Å². The van der Waals surface area contributed by atoms with Crippen LogP contribution in [0.2, 0.25) is 0 Å². The summed E-state index contributed by atoms with van der Waals surface area (Å²) in [4.78, 5) is 26.3. The van der Waals surface area contributed by atoms with E-state index in [1.165, 1.54) is 25.7 Å². The van der Waals surface area contributed by atoms with Gasteiger partial charge in [-0.15, -0.1) is 0 Å². The maximum absolute atomic E-state index is 4.98. The van der Waals surface area contributed by atoms with Crippen LogP contribution in [-0.2, 0) is 6.54 Å². The lowest BCUT2D eigenvalue weighted by atomic mass is 10.1. The fraction of sp³-hybridized carbons (Fsp3) is 0.241. The third-order valence-electron chi connectivity index (χ3n) is 7.35. The Morgan fingerprint density at radius 2 is 1.68 bits per heavy atom. The largest absolute Gasteiger partial charge is 0.335 e. The molecule has 1 aliphatic carbocycles. The van der Waals surface area contributed by atoms with Crippen LogP contribution in [0.25, 0.3) is 56.0 Å². The van der Waals surface area contributed by atoms with Crippen LogP contribution in [0.15, 0.2) is 67.5 Å². The SMILES string of the molecule is c1cc(-c2cncc3[nH]c(-c4n[nH]c5ccc(-c6cncc(CNCC7CCCC7)c6)nc45)nc23)ccn1. The molecule has 0 aliphatic heterocycles. The predicted molar refractivity (Wildman–Crippen MR) is 147 cm³/mol. The fourth-order valence-electron chi connectivity index (χ4n) is 5.37. The van der Waals surface area contributed by atoms with Gasteiger partial charge in [0.05, 0.1) is 28.4 Å². The van der Waals surface area contributed by atoms with Crippen molar-refractivity contribution in [2.45, 2.75) is 32.2 Å². The van der Waals surface area contributed by atoms with Gasteiger partial charge in [0.25, 0.3) is 0 Å². The summed E-state index contributed by atoms with van der Waals surface area (Å²) >= 11 is 0. The van der Waals surface area contributed by atoms with Gasteiger partial charge < -0.3 is 10.3 Å². The fourth-order valence-corrected chi connectivity index (χ4v) is 5.37. The van der Waals surface area contributed by atoms with Crippen molar-refractivity contribution in [3.05, 3.63) is 73.1 Å². The Bertz CT molecular complexity index is 1710. The molecular formula is C29H27N9. The molecule has 7 rings (SSSR count). The highest BCUT2D eigenvalue weighted by atomic mass is 15.2. The molecule has 0 amide bonds. The normalized spacial score (nSPS) is 14.1. The lowest BCUT2D eigenvalue weighted by Crippen LogP contribution is -2.20. The van der Waals surface area contributed by atoms with Crippen molar-refractivity contribution in [1.29, 1.82) is 0 Å². The number of pyridine rings is 4. The smallest absolute Gasteiger partial charge is 0.161 e. The molecule has 188 valence electrons. The van der Waals surface area contributed by atoms with Crippen LogP contribution in [0.4, 0.5) is 0 Å². The molecule has 0 radical (unpaired) electrons. The van der Waals surface area contributed by atoms with E-state index in [4.69, 9.17) is 9.97 Å². The van der Waals surface area contributed by atoms with Crippen LogP contribution in [0.1, 0.15) is 31.2 Å². The van der Waals surface area contributed by atoms with Gasteiger partial charge in [0.2, 0.25) is 0 Å². The Balaban J connectivity index is 1.20. The quantitative estimate of drug-likeness (QED) is 0.271. The number of hydrogen-bond acceptors (Lipinski definition) is 7. The number of rotatable bonds is 7. The van der Waals surface area contributed by atoms with Crippen LogP contribution in [-0.4, -0.2) is 46.6 Å². The number of nitrogens with zero attached hydrogens (tertiary/aromatic N) is 6. The van der Waals surface area contributed by atoms with Gasteiger partial charge in [0.1, 0.15) is 5.52 Å². The summed E-state index contributed by atoms with van der Waals surface area (Å²) in [6.07, 6.45) is 16.3. The molecule has 1 saturated carbocycles. The van der Waals surface area contributed by atoms with E-state index in [1.54, 1.807) is 18.6 Å². The van der Waals surface area contributed by atoms with Gasteiger partial charge in [-0.2, -0.15) is 5.10 Å². The van der Waals surface area contributed by atoms with Crippen molar-refractivity contribution in [2.24, 2.45) is 5.92 Å². The van der Waals surface area contributed by atoms with E-state index in [2.05, 4.69) is 41.5 Å². The highest BCUT2D eigenvalue weighted by Crippen LogP contribution is 2.31. The Morgan fingerprint density at radius 3 is 2.58 bits per heavy atom. The van der Waals surface area contributed by atoms with Crippen LogP contribution in [0.5, 0.6) is 0 Å². The number of imidazole rings is 1. The number of aromatic amines is 2. The maximum atomic E-state index is 4.98. The number of H-pyrrole nitrogens is 2. The van der Waals surface area contributed by atoms with Crippen molar-refractivity contribution in [2.75, 3.05) is 6.54 Å². The molecule has 1 fully saturated rings. The molecule has 6 aromatic rings. The minimum absolute atomic E-state index is 0.641. The van der Waals surface area contributed by atoms with E-state index < -0.39 is 0 Å². The lowest BCUT2D eigenvalue weighted by molar-refractivity contribution is 0.489. The first kappa shape index (κ1) is 22.7. The summed E-state index contributed by atoms with van der Waals surface area (Å²) in [5.41, 5.74) is 8.86. The Labute approximate surface area is 219 Å². The van der Waals surface area contributed by atoms with Gasteiger partial charge in [-0.25, -0.2) is 9.97 Å². The molecule has 38 heavy (non-hydrogen) atoms. The molecule has 9 nitrogen and oxygen atoms in total. The second-order valence-electron chi connectivity index (χ2n) is 9.93. The number of hydrogen-bond donors (Lipinski definition) is 3. The summed E-state index contributed by atoms with van der Waals surface area (Å²) < 4.78 is 0. The van der Waals surface area contributed by atoms with Crippen molar-refractivity contribution in [3.63, 3.8) is 0 Å². The Morgan fingerprint density at radius 1 is 0.816 bits per heavy atom. The third kappa shape index (κ3) is 4.31. The van der Waals surface area contributed by atoms with E-state index in [-0.39, 0.29) is 0 Å². The van der Waals surface area contributed by atoms with E-state index in [0.29, 0.717) is 11.5 Å². The van der Waals surface area contributed by atoms with Crippen molar-refractivity contribution in [3.8, 4) is 33.9 Å². The summed E-state index contributed by atoms with van der Waals surface area (Å²) in [5, 5.41) is 11.3. The number of fused-ring (bicyclic) bond motifs is 2. The van der Waals surface area contributed by atoms with Crippen molar-refractivity contribution >= 4 is 22.1 Å². The highest BCUT2D eigenvalue weighted by Gasteiger charge is 2.18. The molecule has 0 bridgehead atoms. The van der Waals surface area contributed by atoms with Gasteiger partial charge in [-0.05, 0) is 66.8 Å². The maximum Gasteiger partial charge on any atom is 0.161 e. The molecule has 0 spiro atoms. The molecule has 3 N–H and O–H groups in total. The van der Waals surface area contributed by atoms with E-state index in [0.717, 1.165) is 69.0 Å². The zero-order chi connectivity index (χ0) is 25.3. The highest BCUT2D eigenvalue weighted by molar-refractivity contribution is 5.95. The van der Waals surface area contributed by atoms with Crippen LogP contribution in [0.3, 0.4) is 0 Å². The molecule has 6 aromatic heterocycles. The first-order valence-corrected chi connectivity index (χ1v) is 13.1. The van der Waals surface area contributed by atoms with Crippen LogP contribution in [0, 0.1) is 5.92 Å². The zero-order valence-electron chi connectivity index (χ0n) is 20.9. The summed E-state index contributed by atoms with van der Waals surface area (Å²) in [6.45, 7) is 1.88. The predicted octanol–water partition coefficient (Wildman–Crippen LogP) is 5.30. The minimum atomic E-state index is 0.641. The van der Waals surface area contributed by atoms with Crippen LogP contribution >= 0.6 is 0 Å². The first-order valence-electron chi connectivity index (χ1n) is 13.1. The Hall–Kier alpha value is -4.50. The van der Waals surface area contributed by atoms with E-state index in [9.17, 15) is 0 Å². The van der Waals surface area contributed by atoms with E-state index in [1.807, 2.05) is 42.9 Å². The molecular weight excluding hydrogens is 474 g/mol. The topological polar surface area (TPSA) is 121 Å². The number of nitrogens with one attached hydrogen (secondary N) is 3. The average Bonchev–Trinajstić information content (AvgIpc) is 3.73. The molecule has 9 heteroatoms. The Kier molecular flexibility index (Phi) is 5.82. The summed E-state index contributed by atoms with van der Waals surface area (Å²) in [7, 11) is 0. The van der Waals surface area contributed by atoms with E-state index >= 15 is 0 Å². The molecule has 0 saturated heterocycles. The van der Waals surface area contributed by atoms with Crippen molar-refractivity contribution < 1.29 is 0 Å². The molecule has 0 unspecified atom stereocenters. The number of aromatic nitrogens is 8. The third-order valence-corrected chi connectivity index (χ3v) is 7.35. The van der Waals surface area contributed by atoms with Crippen molar-refractivity contribution in [1.82, 2.24) is 45.4 Å². The summed E-state index contributed by atoms with van der Waals surface area (Å²) in [6, 6.07) is 10.1. The van der Waals surface area contributed by atoms with Crippen LogP contribution < -0.4 is 5.32 Å². The minimum Gasteiger partial charge on any atom is -0.335 e. The van der Waals surface area contributed by atoms with Gasteiger partial charge >= 0.3 is 0 Å². The molecule has 0 aromatic carbocycles.